The van der Waals surface area contributed by atoms with E-state index in [0.29, 0.717) is 18.7 Å². The Balaban J connectivity index is 1.63. The number of carbonyl (C=O) groups is 1. The molecule has 29 heavy (non-hydrogen) atoms. The minimum Gasteiger partial charge on any atom is -0.348 e. The minimum absolute atomic E-state index is 0.0641. The fraction of sp³-hybridized carbons (Fsp3) is 0.409. The summed E-state index contributed by atoms with van der Waals surface area (Å²) in [6.07, 6.45) is 0.885. The Hall–Kier alpha value is -2.22. The van der Waals surface area contributed by atoms with E-state index in [4.69, 9.17) is 0 Å². The van der Waals surface area contributed by atoms with Crippen LogP contribution in [0, 0.1) is 0 Å². The number of likely N-dealkylation sites (tertiary alicyclic amines) is 1. The summed E-state index contributed by atoms with van der Waals surface area (Å²) >= 11 is 0. The van der Waals surface area contributed by atoms with E-state index in [1.807, 2.05) is 18.2 Å². The lowest BCUT2D eigenvalue weighted by Crippen LogP contribution is -2.37. The maximum Gasteiger partial charge on any atom is 0.251 e. The number of benzene rings is 2. The number of rotatable bonds is 8. The lowest BCUT2D eigenvalue weighted by Gasteiger charge is -2.19. The summed E-state index contributed by atoms with van der Waals surface area (Å²) in [5, 5.41) is 3.06. The molecule has 1 unspecified atom stereocenters. The molecule has 0 spiro atoms. The molecule has 7 heteroatoms. The molecule has 1 fully saturated rings. The van der Waals surface area contributed by atoms with E-state index in [-0.39, 0.29) is 16.8 Å². The first kappa shape index (κ1) is 21.5. The molecule has 3 rings (SSSR count). The first-order valence-corrected chi connectivity index (χ1v) is 11.6. The number of carbonyl (C=O) groups excluding carboxylic acids is 1. The Morgan fingerprint density at radius 3 is 2.52 bits per heavy atom. The van der Waals surface area contributed by atoms with Gasteiger partial charge in [-0.1, -0.05) is 50.2 Å². The number of nitrogens with one attached hydrogen (secondary N) is 1. The third-order valence-corrected chi connectivity index (χ3v) is 7.34. The second-order valence-corrected chi connectivity index (χ2v) is 9.23. The second-order valence-electron chi connectivity index (χ2n) is 7.30. The van der Waals surface area contributed by atoms with Gasteiger partial charge in [0.1, 0.15) is 0 Å². The molecule has 2 aromatic rings. The highest BCUT2D eigenvalue weighted by Gasteiger charge is 2.26. The molecule has 1 amide bonds. The van der Waals surface area contributed by atoms with Crippen LogP contribution in [0.5, 0.6) is 0 Å². The van der Waals surface area contributed by atoms with Crippen molar-refractivity contribution in [3.63, 3.8) is 0 Å². The van der Waals surface area contributed by atoms with Crippen LogP contribution in [0.1, 0.15) is 36.2 Å². The summed E-state index contributed by atoms with van der Waals surface area (Å²) in [7, 11) is -3.58. The average molecular weight is 416 g/mol. The highest BCUT2D eigenvalue weighted by atomic mass is 32.2. The maximum absolute atomic E-state index is 12.7. The van der Waals surface area contributed by atoms with Gasteiger partial charge in [0.2, 0.25) is 10.0 Å². The zero-order chi connectivity index (χ0) is 20.9. The smallest absolute Gasteiger partial charge is 0.251 e. The molecule has 1 heterocycles. The molecule has 156 valence electrons. The highest BCUT2D eigenvalue weighted by molar-refractivity contribution is 7.89. The van der Waals surface area contributed by atoms with E-state index in [1.165, 1.54) is 15.9 Å². The summed E-state index contributed by atoms with van der Waals surface area (Å²) in [5.41, 5.74) is 1.63. The minimum atomic E-state index is -3.58. The van der Waals surface area contributed by atoms with E-state index in [1.54, 1.807) is 32.0 Å². The number of sulfonamides is 1. The summed E-state index contributed by atoms with van der Waals surface area (Å²) in [6, 6.07) is 16.6. The number of hydrogen-bond acceptors (Lipinski definition) is 4. The lowest BCUT2D eigenvalue weighted by atomic mass is 10.2. The van der Waals surface area contributed by atoms with Crippen molar-refractivity contribution in [2.24, 2.45) is 0 Å². The standard InChI is InChI=1S/C22H29N3O3S/c1-3-25(4-2)29(27,28)21-12-8-11-19(15-21)22(26)23-20-13-14-24(17-20)16-18-9-6-5-7-10-18/h5-12,15,20H,3-4,13-14,16-17H2,1-2H3,(H,23,26). The number of amides is 1. The van der Waals surface area contributed by atoms with Gasteiger partial charge >= 0.3 is 0 Å². The zero-order valence-electron chi connectivity index (χ0n) is 17.0. The largest absolute Gasteiger partial charge is 0.348 e. The Labute approximate surface area is 173 Å². The molecule has 0 aromatic heterocycles. The van der Waals surface area contributed by atoms with Crippen molar-refractivity contribution in [3.8, 4) is 0 Å². The fourth-order valence-electron chi connectivity index (χ4n) is 3.71. The third-order valence-electron chi connectivity index (χ3n) is 5.30. The van der Waals surface area contributed by atoms with Gasteiger partial charge in [0, 0.05) is 44.3 Å². The molecule has 0 bridgehead atoms. The van der Waals surface area contributed by atoms with Crippen molar-refractivity contribution in [1.29, 1.82) is 0 Å². The summed E-state index contributed by atoms with van der Waals surface area (Å²) in [5.74, 6) is -0.229. The van der Waals surface area contributed by atoms with Crippen LogP contribution in [0.15, 0.2) is 59.5 Å². The molecule has 1 atom stereocenters. The van der Waals surface area contributed by atoms with Crippen LogP contribution in [-0.4, -0.2) is 55.8 Å². The van der Waals surface area contributed by atoms with Crippen LogP contribution in [0.3, 0.4) is 0 Å². The van der Waals surface area contributed by atoms with Gasteiger partial charge in [0.05, 0.1) is 4.90 Å². The van der Waals surface area contributed by atoms with Crippen LogP contribution < -0.4 is 5.32 Å². The highest BCUT2D eigenvalue weighted by Crippen LogP contribution is 2.18. The first-order chi connectivity index (χ1) is 13.9. The predicted octanol–water partition coefficient (Wildman–Crippen LogP) is 2.72. The quantitative estimate of drug-likeness (QED) is 0.720. The molecule has 0 aliphatic carbocycles. The molecule has 1 N–H and O–H groups in total. The van der Waals surface area contributed by atoms with E-state index in [2.05, 4.69) is 22.3 Å². The van der Waals surface area contributed by atoms with Crippen molar-refractivity contribution >= 4 is 15.9 Å². The van der Waals surface area contributed by atoms with Crippen molar-refractivity contribution in [3.05, 3.63) is 65.7 Å². The van der Waals surface area contributed by atoms with Gasteiger partial charge in [-0.2, -0.15) is 4.31 Å². The maximum atomic E-state index is 12.7. The van der Waals surface area contributed by atoms with Gasteiger partial charge in [-0.15, -0.1) is 0 Å². The molecule has 1 aliphatic heterocycles. The molecule has 1 aliphatic rings. The summed E-state index contributed by atoms with van der Waals surface area (Å²) in [4.78, 5) is 15.2. The van der Waals surface area contributed by atoms with Crippen molar-refractivity contribution in [2.75, 3.05) is 26.2 Å². The predicted molar refractivity (Wildman–Crippen MR) is 114 cm³/mol. The van der Waals surface area contributed by atoms with Gasteiger partial charge < -0.3 is 5.32 Å². The molecule has 2 aromatic carbocycles. The van der Waals surface area contributed by atoms with Gasteiger partial charge in [0.15, 0.2) is 0 Å². The van der Waals surface area contributed by atoms with Crippen LogP contribution in [0.25, 0.3) is 0 Å². The van der Waals surface area contributed by atoms with Gasteiger partial charge in [0.25, 0.3) is 5.91 Å². The second kappa shape index (κ2) is 9.52. The van der Waals surface area contributed by atoms with Gasteiger partial charge in [-0.25, -0.2) is 8.42 Å². The van der Waals surface area contributed by atoms with Crippen LogP contribution in [0.4, 0.5) is 0 Å². The lowest BCUT2D eigenvalue weighted by molar-refractivity contribution is 0.0937. The fourth-order valence-corrected chi connectivity index (χ4v) is 5.22. The monoisotopic (exact) mass is 415 g/mol. The van der Waals surface area contributed by atoms with Gasteiger partial charge in [-0.05, 0) is 30.2 Å². The van der Waals surface area contributed by atoms with Crippen LogP contribution in [-0.2, 0) is 16.6 Å². The first-order valence-electron chi connectivity index (χ1n) is 10.1. The van der Waals surface area contributed by atoms with Crippen molar-refractivity contribution in [1.82, 2.24) is 14.5 Å². The molecular formula is C22H29N3O3S. The Morgan fingerprint density at radius 2 is 1.83 bits per heavy atom. The van der Waals surface area contributed by atoms with E-state index < -0.39 is 10.0 Å². The molecule has 6 nitrogen and oxygen atoms in total. The molecule has 0 radical (unpaired) electrons. The zero-order valence-corrected chi connectivity index (χ0v) is 17.9. The third kappa shape index (κ3) is 5.23. The Bertz CT molecular complexity index is 927. The topological polar surface area (TPSA) is 69.7 Å². The molecule has 0 saturated carbocycles. The Kier molecular flexibility index (Phi) is 7.05. The Morgan fingerprint density at radius 1 is 1.10 bits per heavy atom. The average Bonchev–Trinajstić information content (AvgIpc) is 3.16. The van der Waals surface area contributed by atoms with Crippen LogP contribution in [0.2, 0.25) is 0 Å². The molecular weight excluding hydrogens is 386 g/mol. The van der Waals surface area contributed by atoms with Crippen molar-refractivity contribution < 1.29 is 13.2 Å². The normalized spacial score (nSPS) is 17.6. The molecule has 1 saturated heterocycles. The van der Waals surface area contributed by atoms with E-state index in [0.717, 1.165) is 26.1 Å². The van der Waals surface area contributed by atoms with Crippen molar-refractivity contribution in [2.45, 2.75) is 37.8 Å². The SMILES string of the molecule is CCN(CC)S(=O)(=O)c1cccc(C(=O)NC2CCN(Cc3ccccc3)C2)c1. The van der Waals surface area contributed by atoms with Gasteiger partial charge in [-0.3, -0.25) is 9.69 Å². The van der Waals surface area contributed by atoms with E-state index >= 15 is 0 Å². The number of nitrogens with zero attached hydrogens (tertiary/aromatic N) is 2. The van der Waals surface area contributed by atoms with Crippen LogP contribution >= 0.6 is 0 Å². The van der Waals surface area contributed by atoms with E-state index in [9.17, 15) is 13.2 Å². The summed E-state index contributed by atoms with van der Waals surface area (Å²) < 4.78 is 26.8. The summed E-state index contributed by atoms with van der Waals surface area (Å²) in [6.45, 7) is 6.99. The number of hydrogen-bond donors (Lipinski definition) is 1.